The Morgan fingerprint density at radius 3 is 2.73 bits per heavy atom. The Bertz CT molecular complexity index is 614. The van der Waals surface area contributed by atoms with Gasteiger partial charge in [-0.15, -0.1) is 12.4 Å². The van der Waals surface area contributed by atoms with E-state index in [-0.39, 0.29) is 42.8 Å². The molecule has 3 rings (SSSR count). The van der Waals surface area contributed by atoms with Crippen molar-refractivity contribution in [2.24, 2.45) is 0 Å². The van der Waals surface area contributed by atoms with Gasteiger partial charge in [0.05, 0.1) is 11.8 Å². The van der Waals surface area contributed by atoms with Gasteiger partial charge in [0.2, 0.25) is 5.91 Å². The van der Waals surface area contributed by atoms with Crippen molar-refractivity contribution in [3.05, 3.63) is 18.0 Å². The van der Waals surface area contributed by atoms with Gasteiger partial charge in [0.15, 0.2) is 0 Å². The molecule has 1 aromatic heterocycles. The number of rotatable bonds is 4. The highest BCUT2D eigenvalue weighted by atomic mass is 35.5. The Morgan fingerprint density at radius 1 is 1.27 bits per heavy atom. The molecule has 1 saturated heterocycles. The smallest absolute Gasteiger partial charge is 0.257 e. The van der Waals surface area contributed by atoms with Gasteiger partial charge in [0.25, 0.3) is 5.91 Å². The maximum Gasteiger partial charge on any atom is 0.257 e. The molecule has 1 aliphatic carbocycles. The minimum absolute atomic E-state index is 0. The maximum atomic E-state index is 12.7. The number of nitrogens with one attached hydrogen (secondary N) is 2. The summed E-state index contributed by atoms with van der Waals surface area (Å²) in [6.45, 7) is 5.80. The van der Waals surface area contributed by atoms with E-state index in [1.165, 1.54) is 19.3 Å². The molecule has 0 radical (unpaired) electrons. The fraction of sp³-hybridized carbons (Fsp3) is 0.722. The monoisotopic (exact) mass is 383 g/mol. The third-order valence-electron chi connectivity index (χ3n) is 5.45. The van der Waals surface area contributed by atoms with Crippen molar-refractivity contribution < 1.29 is 9.59 Å². The molecule has 1 aliphatic heterocycles. The number of carbonyl (C=O) groups is 2. The first-order valence-corrected chi connectivity index (χ1v) is 9.41. The lowest BCUT2D eigenvalue weighted by Gasteiger charge is -2.38. The van der Waals surface area contributed by atoms with Crippen LogP contribution in [0.2, 0.25) is 0 Å². The molecule has 2 unspecified atom stereocenters. The second-order valence-electron chi connectivity index (χ2n) is 7.31. The van der Waals surface area contributed by atoms with E-state index >= 15 is 0 Å². The summed E-state index contributed by atoms with van der Waals surface area (Å²) in [7, 11) is 0. The number of hydrogen-bond donors (Lipinski definition) is 2. The third kappa shape index (κ3) is 4.98. The summed E-state index contributed by atoms with van der Waals surface area (Å²) in [5, 5.41) is 10.7. The van der Waals surface area contributed by atoms with Gasteiger partial charge in [0.1, 0.15) is 6.54 Å². The van der Waals surface area contributed by atoms with Gasteiger partial charge < -0.3 is 15.5 Å². The quantitative estimate of drug-likeness (QED) is 0.827. The van der Waals surface area contributed by atoms with Crippen LogP contribution in [0.25, 0.3) is 0 Å². The molecule has 26 heavy (non-hydrogen) atoms. The van der Waals surface area contributed by atoms with Gasteiger partial charge in [-0.1, -0.05) is 19.3 Å². The average Bonchev–Trinajstić information content (AvgIpc) is 3.06. The SMILES string of the molecule is CC1NCCN(C(=O)c2cnn(CC(=O)NC3CCCCC3)c2)C1C.Cl. The number of halogens is 1. The summed E-state index contributed by atoms with van der Waals surface area (Å²) in [4.78, 5) is 26.8. The molecule has 0 aromatic carbocycles. The second kappa shape index (κ2) is 9.37. The van der Waals surface area contributed by atoms with Crippen LogP contribution < -0.4 is 10.6 Å². The minimum atomic E-state index is -0.0295. The zero-order valence-electron chi connectivity index (χ0n) is 15.6. The predicted molar refractivity (Wildman–Crippen MR) is 102 cm³/mol. The first-order chi connectivity index (χ1) is 12.0. The molecule has 2 amide bonds. The molecule has 2 N–H and O–H groups in total. The molecule has 2 atom stereocenters. The Balaban J connectivity index is 0.00000243. The van der Waals surface area contributed by atoms with Gasteiger partial charge in [-0.25, -0.2) is 0 Å². The van der Waals surface area contributed by atoms with Crippen molar-refractivity contribution in [2.75, 3.05) is 13.1 Å². The zero-order chi connectivity index (χ0) is 17.8. The Hall–Kier alpha value is -1.60. The summed E-state index contributed by atoms with van der Waals surface area (Å²) in [6, 6.07) is 0.703. The van der Waals surface area contributed by atoms with Crippen LogP contribution in [0, 0.1) is 0 Å². The predicted octanol–water partition coefficient (Wildman–Crippen LogP) is 1.58. The lowest BCUT2D eigenvalue weighted by Crippen LogP contribution is -2.57. The second-order valence-corrected chi connectivity index (χ2v) is 7.31. The maximum absolute atomic E-state index is 12.7. The summed E-state index contributed by atoms with van der Waals surface area (Å²) in [5.41, 5.74) is 0.548. The Morgan fingerprint density at radius 2 is 2.00 bits per heavy atom. The van der Waals surface area contributed by atoms with Crippen LogP contribution in [-0.4, -0.2) is 57.7 Å². The standard InChI is InChI=1S/C18H29N5O2.ClH/c1-13-14(2)23(9-8-19-13)18(25)15-10-20-22(11-15)12-17(24)21-16-6-4-3-5-7-16;/h10-11,13-14,16,19H,3-9,12H2,1-2H3,(H,21,24);1H. The Labute approximate surface area is 161 Å². The molecule has 1 saturated carbocycles. The zero-order valence-corrected chi connectivity index (χ0v) is 16.4. The van der Waals surface area contributed by atoms with Crippen molar-refractivity contribution >= 4 is 24.2 Å². The van der Waals surface area contributed by atoms with E-state index in [1.807, 2.05) is 4.90 Å². The van der Waals surface area contributed by atoms with Crippen LogP contribution in [0.3, 0.4) is 0 Å². The molecule has 2 heterocycles. The van der Waals surface area contributed by atoms with Crippen LogP contribution in [0.15, 0.2) is 12.4 Å². The lowest BCUT2D eigenvalue weighted by molar-refractivity contribution is -0.122. The van der Waals surface area contributed by atoms with E-state index < -0.39 is 0 Å². The molecule has 2 fully saturated rings. The van der Waals surface area contributed by atoms with E-state index in [0.717, 1.165) is 19.4 Å². The minimum Gasteiger partial charge on any atom is -0.352 e. The number of piperazine rings is 1. The molecular weight excluding hydrogens is 354 g/mol. The lowest BCUT2D eigenvalue weighted by atomic mass is 9.95. The van der Waals surface area contributed by atoms with E-state index in [0.29, 0.717) is 18.2 Å². The number of amides is 2. The highest BCUT2D eigenvalue weighted by Crippen LogP contribution is 2.17. The van der Waals surface area contributed by atoms with Crippen LogP contribution in [0.5, 0.6) is 0 Å². The molecule has 7 nitrogen and oxygen atoms in total. The number of hydrogen-bond acceptors (Lipinski definition) is 4. The summed E-state index contributed by atoms with van der Waals surface area (Å²) in [5.74, 6) is -0.0436. The highest BCUT2D eigenvalue weighted by Gasteiger charge is 2.29. The number of carbonyl (C=O) groups excluding carboxylic acids is 2. The van der Waals surface area contributed by atoms with Gasteiger partial charge in [-0.3, -0.25) is 14.3 Å². The molecule has 2 aliphatic rings. The van der Waals surface area contributed by atoms with Crippen molar-refractivity contribution in [2.45, 2.75) is 70.6 Å². The van der Waals surface area contributed by atoms with E-state index in [2.05, 4.69) is 29.6 Å². The molecule has 0 spiro atoms. The normalized spacial score (nSPS) is 24.0. The summed E-state index contributed by atoms with van der Waals surface area (Å²) in [6.07, 6.45) is 9.01. The van der Waals surface area contributed by atoms with Crippen LogP contribution in [0.1, 0.15) is 56.3 Å². The molecular formula is C18H30ClN5O2. The fourth-order valence-corrected chi connectivity index (χ4v) is 3.74. The van der Waals surface area contributed by atoms with Crippen LogP contribution in [-0.2, 0) is 11.3 Å². The number of nitrogens with zero attached hydrogens (tertiary/aromatic N) is 3. The summed E-state index contributed by atoms with van der Waals surface area (Å²) >= 11 is 0. The first kappa shape index (κ1) is 20.7. The van der Waals surface area contributed by atoms with Crippen molar-refractivity contribution in [3.8, 4) is 0 Å². The van der Waals surface area contributed by atoms with Crippen LogP contribution in [0.4, 0.5) is 0 Å². The highest BCUT2D eigenvalue weighted by molar-refractivity contribution is 5.94. The number of aromatic nitrogens is 2. The van der Waals surface area contributed by atoms with E-state index in [4.69, 9.17) is 0 Å². The van der Waals surface area contributed by atoms with E-state index in [9.17, 15) is 9.59 Å². The molecule has 0 bridgehead atoms. The third-order valence-corrected chi connectivity index (χ3v) is 5.45. The van der Waals surface area contributed by atoms with Gasteiger partial charge in [-0.2, -0.15) is 5.10 Å². The largest absolute Gasteiger partial charge is 0.352 e. The van der Waals surface area contributed by atoms with Crippen molar-refractivity contribution in [1.82, 2.24) is 25.3 Å². The molecule has 1 aromatic rings. The van der Waals surface area contributed by atoms with Crippen molar-refractivity contribution in [3.63, 3.8) is 0 Å². The summed E-state index contributed by atoms with van der Waals surface area (Å²) < 4.78 is 1.56. The fourth-order valence-electron chi connectivity index (χ4n) is 3.74. The Kier molecular flexibility index (Phi) is 7.46. The van der Waals surface area contributed by atoms with Gasteiger partial charge >= 0.3 is 0 Å². The topological polar surface area (TPSA) is 79.3 Å². The van der Waals surface area contributed by atoms with Crippen molar-refractivity contribution in [1.29, 1.82) is 0 Å². The first-order valence-electron chi connectivity index (χ1n) is 9.41. The average molecular weight is 384 g/mol. The van der Waals surface area contributed by atoms with Gasteiger partial charge in [0, 0.05) is 37.4 Å². The molecule has 146 valence electrons. The van der Waals surface area contributed by atoms with E-state index in [1.54, 1.807) is 17.1 Å². The van der Waals surface area contributed by atoms with Gasteiger partial charge in [-0.05, 0) is 26.7 Å². The molecule has 8 heteroatoms. The van der Waals surface area contributed by atoms with Crippen LogP contribution >= 0.6 is 12.4 Å².